The lowest BCUT2D eigenvalue weighted by Crippen LogP contribution is -2.69. The van der Waals surface area contributed by atoms with Crippen molar-refractivity contribution in [1.29, 1.82) is 0 Å². The van der Waals surface area contributed by atoms with Crippen LogP contribution >= 0.6 is 14.4 Å². The lowest BCUT2D eigenvalue weighted by atomic mass is 10.4. The summed E-state index contributed by atoms with van der Waals surface area (Å²) in [4.78, 5) is 0. The topological polar surface area (TPSA) is 38.7 Å². The van der Waals surface area contributed by atoms with Crippen molar-refractivity contribution >= 4 is 41.5 Å². The third-order valence-electron chi connectivity index (χ3n) is 5.40. The molecule has 0 aromatic heterocycles. The molecule has 3 nitrogen and oxygen atoms in total. The maximum atomic E-state index is 5.28. The minimum atomic E-state index is -2.31. The average Bonchev–Trinajstić information content (AvgIpc) is 2.86. The van der Waals surface area contributed by atoms with Crippen LogP contribution in [0.25, 0.3) is 0 Å². The molecule has 152 valence electrons. The van der Waals surface area contributed by atoms with E-state index in [4.69, 9.17) is 9.51 Å². The van der Waals surface area contributed by atoms with Gasteiger partial charge >= 0.3 is 0 Å². The molecular formula is C26H24N3P2+. The van der Waals surface area contributed by atoms with E-state index >= 15 is 0 Å². The highest BCUT2D eigenvalue weighted by atomic mass is 31.2. The fourth-order valence-electron chi connectivity index (χ4n) is 4.04. The van der Waals surface area contributed by atoms with Gasteiger partial charge in [-0.25, -0.2) is 4.52 Å². The number of hydrogen-bond donors (Lipinski definition) is 1. The van der Waals surface area contributed by atoms with Crippen molar-refractivity contribution in [3.05, 3.63) is 121 Å². The van der Waals surface area contributed by atoms with Crippen molar-refractivity contribution in [2.24, 2.45) is 9.51 Å². The Kier molecular flexibility index (Phi) is 5.32. The third-order valence-corrected chi connectivity index (χ3v) is 13.1. The van der Waals surface area contributed by atoms with Crippen LogP contribution in [0.1, 0.15) is 6.92 Å². The van der Waals surface area contributed by atoms with E-state index < -0.39 is 14.4 Å². The summed E-state index contributed by atoms with van der Waals surface area (Å²) in [6.07, 6.45) is 0. The molecule has 0 radical (unpaired) electrons. The largest absolute Gasteiger partial charge is 0.268 e. The van der Waals surface area contributed by atoms with Gasteiger partial charge in [-0.1, -0.05) is 72.8 Å². The molecule has 1 N–H and O–H groups in total. The van der Waals surface area contributed by atoms with E-state index in [-0.39, 0.29) is 0 Å². The minimum Gasteiger partial charge on any atom is -0.215 e. The van der Waals surface area contributed by atoms with Gasteiger partial charge in [0, 0.05) is 0 Å². The number of amidine groups is 1. The summed E-state index contributed by atoms with van der Waals surface area (Å²) in [5.41, 5.74) is 0. The first-order valence-corrected chi connectivity index (χ1v) is 13.8. The zero-order chi connectivity index (χ0) is 21.2. The van der Waals surface area contributed by atoms with Crippen LogP contribution in [0, 0.1) is 0 Å². The summed E-state index contributed by atoms with van der Waals surface area (Å²) >= 11 is 0. The zero-order valence-corrected chi connectivity index (χ0v) is 19.1. The highest BCUT2D eigenvalue weighted by molar-refractivity contribution is 7.84. The van der Waals surface area contributed by atoms with Gasteiger partial charge in [-0.3, -0.25) is 0 Å². The van der Waals surface area contributed by atoms with Gasteiger partial charge in [0.15, 0.2) is 0 Å². The van der Waals surface area contributed by atoms with E-state index in [0.717, 1.165) is 5.84 Å². The molecule has 0 fully saturated rings. The highest BCUT2D eigenvalue weighted by Crippen LogP contribution is 2.50. The van der Waals surface area contributed by atoms with Crippen LogP contribution in [0.5, 0.6) is 0 Å². The van der Waals surface area contributed by atoms with Gasteiger partial charge in [-0.15, -0.1) is 0 Å². The van der Waals surface area contributed by atoms with Crippen LogP contribution in [-0.4, -0.2) is 5.84 Å². The summed E-state index contributed by atoms with van der Waals surface area (Å²) in [5, 5.41) is 4.86. The molecule has 31 heavy (non-hydrogen) atoms. The molecule has 1 aliphatic heterocycles. The first-order valence-electron chi connectivity index (χ1n) is 10.3. The Morgan fingerprint density at radius 3 is 1.26 bits per heavy atom. The van der Waals surface area contributed by atoms with Crippen molar-refractivity contribution in [3.63, 3.8) is 0 Å². The molecule has 0 bridgehead atoms. The normalized spacial score (nSPS) is 16.5. The lowest BCUT2D eigenvalue weighted by Gasteiger charge is -2.26. The van der Waals surface area contributed by atoms with Gasteiger partial charge in [-0.05, 0) is 55.5 Å². The van der Waals surface area contributed by atoms with Gasteiger partial charge in [0.05, 0.1) is 21.2 Å². The smallest absolute Gasteiger partial charge is 0.215 e. The molecule has 0 spiro atoms. The molecule has 4 aromatic carbocycles. The van der Waals surface area contributed by atoms with Crippen LogP contribution in [0.2, 0.25) is 0 Å². The molecular weight excluding hydrogens is 416 g/mol. The zero-order valence-electron chi connectivity index (χ0n) is 17.3. The number of benzene rings is 4. The SMILES string of the molecule is CC1=NP(c2ccccc2)(c2ccccc2)=[NH+]P(c2ccccc2)(c2ccccc2)=N1. The maximum absolute atomic E-state index is 5.28. The molecule has 0 aliphatic carbocycles. The van der Waals surface area contributed by atoms with Crippen LogP contribution in [0.4, 0.5) is 0 Å². The Morgan fingerprint density at radius 1 is 0.516 bits per heavy atom. The summed E-state index contributed by atoms with van der Waals surface area (Å²) in [7, 11) is -4.62. The van der Waals surface area contributed by atoms with E-state index in [1.807, 2.05) is 6.92 Å². The van der Waals surface area contributed by atoms with Gasteiger partial charge in [0.25, 0.3) is 14.4 Å². The number of rotatable bonds is 4. The number of nitrogens with one attached hydrogen (secondary N) is 1. The van der Waals surface area contributed by atoms with E-state index in [1.54, 1.807) is 0 Å². The second kappa shape index (κ2) is 8.27. The van der Waals surface area contributed by atoms with E-state index in [0.29, 0.717) is 0 Å². The van der Waals surface area contributed by atoms with Crippen LogP contribution < -0.4 is 25.7 Å². The van der Waals surface area contributed by atoms with Gasteiger partial charge in [0.2, 0.25) is 0 Å². The van der Waals surface area contributed by atoms with E-state index in [1.165, 1.54) is 21.2 Å². The second-order valence-corrected chi connectivity index (χ2v) is 13.3. The molecule has 0 amide bonds. The number of hydrogen-bond acceptors (Lipinski definition) is 2. The molecule has 4 aromatic rings. The van der Waals surface area contributed by atoms with Crippen molar-refractivity contribution < 1.29 is 4.52 Å². The predicted molar refractivity (Wildman–Crippen MR) is 135 cm³/mol. The van der Waals surface area contributed by atoms with Crippen molar-refractivity contribution in [1.82, 2.24) is 0 Å². The monoisotopic (exact) mass is 440 g/mol. The molecule has 0 unspecified atom stereocenters. The molecule has 1 aliphatic rings. The van der Waals surface area contributed by atoms with Crippen LogP contribution in [0.15, 0.2) is 131 Å². The van der Waals surface area contributed by atoms with E-state index in [9.17, 15) is 0 Å². The lowest BCUT2D eigenvalue weighted by molar-refractivity contribution is -0.236. The molecule has 1 heterocycles. The van der Waals surface area contributed by atoms with E-state index in [2.05, 4.69) is 126 Å². The Balaban J connectivity index is 1.96. The number of nitrogens with zero attached hydrogens (tertiary/aromatic N) is 2. The fourth-order valence-corrected chi connectivity index (χ4v) is 12.4. The molecule has 5 heteroatoms. The summed E-state index contributed by atoms with van der Waals surface area (Å²) in [5.74, 6) is 0.848. The summed E-state index contributed by atoms with van der Waals surface area (Å²) in [6, 6.07) is 42.6. The summed E-state index contributed by atoms with van der Waals surface area (Å²) in [6.45, 7) is 2.04. The first-order chi connectivity index (χ1) is 15.2. The maximum Gasteiger partial charge on any atom is 0.268 e. The Labute approximate surface area is 183 Å². The van der Waals surface area contributed by atoms with Gasteiger partial charge in [-0.2, -0.15) is 9.51 Å². The van der Waals surface area contributed by atoms with Gasteiger partial charge in [0.1, 0.15) is 5.84 Å². The van der Waals surface area contributed by atoms with Crippen LogP contribution in [0.3, 0.4) is 0 Å². The Morgan fingerprint density at radius 2 is 0.871 bits per heavy atom. The van der Waals surface area contributed by atoms with Crippen molar-refractivity contribution in [2.45, 2.75) is 6.92 Å². The Bertz CT molecular complexity index is 1160. The fraction of sp³-hybridized carbons (Fsp3) is 0.0385. The van der Waals surface area contributed by atoms with Crippen LogP contribution in [-0.2, 0) is 0 Å². The quantitative estimate of drug-likeness (QED) is 0.466. The Hall–Kier alpha value is -2.99. The molecule has 0 saturated heterocycles. The van der Waals surface area contributed by atoms with Gasteiger partial charge < -0.3 is 0 Å². The predicted octanol–water partition coefficient (Wildman–Crippen LogP) is 4.03. The summed E-state index contributed by atoms with van der Waals surface area (Å²) < 4.78 is 14.7. The van der Waals surface area contributed by atoms with Crippen molar-refractivity contribution in [3.8, 4) is 0 Å². The standard InChI is InChI=1S/C26H23N3P2/c1-22-27-30(23-14-6-2-7-15-23,24-16-8-3-9-17-24)29-31(28-22,25-18-10-4-11-19-25)26-20-12-5-13-21-26/h2-21H,1H3/p+1. The highest BCUT2D eigenvalue weighted by Gasteiger charge is 2.42. The first kappa shape index (κ1) is 19.9. The second-order valence-electron chi connectivity index (χ2n) is 7.46. The molecule has 0 saturated carbocycles. The van der Waals surface area contributed by atoms with Crippen molar-refractivity contribution in [2.75, 3.05) is 0 Å². The average molecular weight is 440 g/mol. The molecule has 5 rings (SSSR count). The third kappa shape index (κ3) is 3.55. The molecule has 0 atom stereocenters. The minimum absolute atomic E-state index is 0.848.